The molecule has 2 aliphatic carbocycles. The van der Waals surface area contributed by atoms with E-state index in [-0.39, 0.29) is 6.54 Å². The van der Waals surface area contributed by atoms with Crippen LogP contribution in [-0.4, -0.2) is 41.1 Å². The maximum absolute atomic E-state index is 11.0. The monoisotopic (exact) mass is 313 g/mol. The number of nitrogens with zero attached hydrogens (tertiary/aromatic N) is 2. The molecule has 0 heterocycles. The van der Waals surface area contributed by atoms with Crippen LogP contribution in [0.2, 0.25) is 0 Å². The molecule has 0 aromatic heterocycles. The first-order valence-corrected chi connectivity index (χ1v) is 8.32. The van der Waals surface area contributed by atoms with Crippen molar-refractivity contribution in [1.82, 2.24) is 10.2 Å². The summed E-state index contributed by atoms with van der Waals surface area (Å²) in [7, 11) is 0. The van der Waals surface area contributed by atoms with Gasteiger partial charge < -0.3 is 10.4 Å². The van der Waals surface area contributed by atoms with E-state index in [0.717, 1.165) is 31.8 Å². The molecule has 0 spiro atoms. The summed E-state index contributed by atoms with van der Waals surface area (Å²) in [5.41, 5.74) is 1.86. The molecule has 5 heteroatoms. The Bertz CT molecular complexity index is 583. The molecule has 23 heavy (non-hydrogen) atoms. The van der Waals surface area contributed by atoms with Crippen molar-refractivity contribution >= 4 is 5.97 Å². The zero-order valence-electron chi connectivity index (χ0n) is 13.2. The van der Waals surface area contributed by atoms with E-state index >= 15 is 0 Å². The summed E-state index contributed by atoms with van der Waals surface area (Å²) < 4.78 is 0. The van der Waals surface area contributed by atoms with Gasteiger partial charge in [0.1, 0.15) is 0 Å². The van der Waals surface area contributed by atoms with E-state index in [9.17, 15) is 4.79 Å². The first-order valence-electron chi connectivity index (χ1n) is 8.32. The molecule has 1 aromatic rings. The topological polar surface area (TPSA) is 76.4 Å². The lowest BCUT2D eigenvalue weighted by Gasteiger charge is -2.43. The molecule has 3 rings (SSSR count). The smallest absolute Gasteiger partial charge is 0.317 e. The molecular weight excluding hydrogens is 290 g/mol. The number of benzene rings is 1. The zero-order chi connectivity index (χ0) is 16.2. The van der Waals surface area contributed by atoms with Crippen LogP contribution in [0, 0.1) is 17.2 Å². The maximum Gasteiger partial charge on any atom is 0.317 e. The molecule has 1 aromatic carbocycles. The molecule has 0 atom stereocenters. The fraction of sp³-hybridized carbons (Fsp3) is 0.556. The van der Waals surface area contributed by atoms with Crippen molar-refractivity contribution in [3.05, 3.63) is 35.4 Å². The highest BCUT2D eigenvalue weighted by Gasteiger charge is 2.36. The van der Waals surface area contributed by atoms with E-state index in [1.54, 1.807) is 0 Å². The van der Waals surface area contributed by atoms with Gasteiger partial charge in [0.05, 0.1) is 18.2 Å². The van der Waals surface area contributed by atoms with Gasteiger partial charge in [-0.05, 0) is 49.3 Å². The molecule has 2 saturated carbocycles. The largest absolute Gasteiger partial charge is 0.480 e. The van der Waals surface area contributed by atoms with Crippen LogP contribution in [-0.2, 0) is 11.3 Å². The lowest BCUT2D eigenvalue weighted by molar-refractivity contribution is -0.139. The third-order valence-electron chi connectivity index (χ3n) is 4.84. The van der Waals surface area contributed by atoms with Crippen LogP contribution in [0.1, 0.15) is 36.8 Å². The second kappa shape index (κ2) is 7.12. The van der Waals surface area contributed by atoms with Gasteiger partial charge in [0.2, 0.25) is 0 Å². The van der Waals surface area contributed by atoms with Gasteiger partial charge in [0, 0.05) is 25.2 Å². The summed E-state index contributed by atoms with van der Waals surface area (Å²) in [6, 6.07) is 10.6. The standard InChI is InChI=1S/C18H23N3O2/c19-9-13-1-3-14(4-2-13)10-20-16-7-17(8-16)21(12-18(22)23)11-15-5-6-15/h1-4,15-17,20H,5-8,10-12H2,(H,22,23). The molecule has 5 nitrogen and oxygen atoms in total. The molecule has 2 N–H and O–H groups in total. The van der Waals surface area contributed by atoms with Crippen LogP contribution in [0.5, 0.6) is 0 Å². The molecule has 2 fully saturated rings. The van der Waals surface area contributed by atoms with Gasteiger partial charge in [-0.2, -0.15) is 5.26 Å². The number of hydrogen-bond donors (Lipinski definition) is 2. The average Bonchev–Trinajstić information content (AvgIpc) is 3.29. The molecule has 0 radical (unpaired) electrons. The number of nitrogens with one attached hydrogen (secondary N) is 1. The van der Waals surface area contributed by atoms with Gasteiger partial charge in [0.15, 0.2) is 0 Å². The Morgan fingerprint density at radius 3 is 2.57 bits per heavy atom. The summed E-state index contributed by atoms with van der Waals surface area (Å²) in [4.78, 5) is 13.2. The van der Waals surface area contributed by atoms with Crippen LogP contribution in [0.4, 0.5) is 0 Å². The van der Waals surface area contributed by atoms with Gasteiger partial charge in [-0.25, -0.2) is 0 Å². The van der Waals surface area contributed by atoms with Crippen LogP contribution >= 0.6 is 0 Å². The average molecular weight is 313 g/mol. The zero-order valence-corrected chi connectivity index (χ0v) is 13.2. The summed E-state index contributed by atoms with van der Waals surface area (Å²) in [6.45, 7) is 1.91. The minimum Gasteiger partial charge on any atom is -0.480 e. The molecular formula is C18H23N3O2. The van der Waals surface area contributed by atoms with Gasteiger partial charge in [-0.1, -0.05) is 12.1 Å². The summed E-state index contributed by atoms with van der Waals surface area (Å²) in [5.74, 6) is -0.000324. The molecule has 0 bridgehead atoms. The molecule has 0 saturated heterocycles. The van der Waals surface area contributed by atoms with E-state index < -0.39 is 5.97 Å². The third kappa shape index (κ3) is 4.54. The Morgan fingerprint density at radius 2 is 2.00 bits per heavy atom. The lowest BCUT2D eigenvalue weighted by atomic mass is 9.85. The lowest BCUT2D eigenvalue weighted by Crippen LogP contribution is -2.54. The second-order valence-electron chi connectivity index (χ2n) is 6.78. The van der Waals surface area contributed by atoms with E-state index in [2.05, 4.69) is 16.3 Å². The second-order valence-corrected chi connectivity index (χ2v) is 6.78. The van der Waals surface area contributed by atoms with Gasteiger partial charge in [-0.15, -0.1) is 0 Å². The Labute approximate surface area is 136 Å². The van der Waals surface area contributed by atoms with Crippen molar-refractivity contribution in [3.63, 3.8) is 0 Å². The number of rotatable bonds is 8. The van der Waals surface area contributed by atoms with Crippen molar-refractivity contribution in [2.24, 2.45) is 5.92 Å². The summed E-state index contributed by atoms with van der Waals surface area (Å²) >= 11 is 0. The van der Waals surface area contributed by atoms with Crippen molar-refractivity contribution in [2.75, 3.05) is 13.1 Å². The third-order valence-corrected chi connectivity index (χ3v) is 4.84. The van der Waals surface area contributed by atoms with Crippen molar-refractivity contribution in [3.8, 4) is 6.07 Å². The van der Waals surface area contributed by atoms with Crippen molar-refractivity contribution in [2.45, 2.75) is 44.3 Å². The molecule has 122 valence electrons. The maximum atomic E-state index is 11.0. The SMILES string of the molecule is N#Cc1ccc(CNC2CC(N(CC(=O)O)CC3CC3)C2)cc1. The molecule has 0 aliphatic heterocycles. The molecule has 2 aliphatic rings. The molecule has 0 unspecified atom stereocenters. The first-order chi connectivity index (χ1) is 11.1. The predicted molar refractivity (Wildman–Crippen MR) is 86.7 cm³/mol. The highest BCUT2D eigenvalue weighted by Crippen LogP contribution is 2.33. The Balaban J connectivity index is 1.42. The van der Waals surface area contributed by atoms with E-state index in [1.807, 2.05) is 24.3 Å². The fourth-order valence-electron chi connectivity index (χ4n) is 3.16. The van der Waals surface area contributed by atoms with Crippen LogP contribution in [0.3, 0.4) is 0 Å². The Kier molecular flexibility index (Phi) is 4.94. The quantitative estimate of drug-likeness (QED) is 0.767. The van der Waals surface area contributed by atoms with Crippen molar-refractivity contribution < 1.29 is 9.90 Å². The van der Waals surface area contributed by atoms with Crippen molar-refractivity contribution in [1.29, 1.82) is 5.26 Å². The Morgan fingerprint density at radius 1 is 1.30 bits per heavy atom. The van der Waals surface area contributed by atoms with E-state index in [1.165, 1.54) is 18.4 Å². The van der Waals surface area contributed by atoms with Gasteiger partial charge in [0.25, 0.3) is 0 Å². The number of nitriles is 1. The van der Waals surface area contributed by atoms with Gasteiger partial charge in [-0.3, -0.25) is 9.69 Å². The summed E-state index contributed by atoms with van der Waals surface area (Å²) in [6.07, 6.45) is 4.55. The number of carboxylic acids is 1. The normalized spacial score (nSPS) is 23.3. The van der Waals surface area contributed by atoms with Gasteiger partial charge >= 0.3 is 5.97 Å². The highest BCUT2D eigenvalue weighted by molar-refractivity contribution is 5.69. The number of hydrogen-bond acceptors (Lipinski definition) is 4. The minimum absolute atomic E-state index is 0.170. The van der Waals surface area contributed by atoms with E-state index in [0.29, 0.717) is 17.6 Å². The van der Waals surface area contributed by atoms with E-state index in [4.69, 9.17) is 10.4 Å². The summed E-state index contributed by atoms with van der Waals surface area (Å²) in [5, 5.41) is 21.4. The first kappa shape index (κ1) is 16.0. The highest BCUT2D eigenvalue weighted by atomic mass is 16.4. The minimum atomic E-state index is -0.723. The number of aliphatic carboxylic acids is 1. The van der Waals surface area contributed by atoms with Crippen LogP contribution in [0.25, 0.3) is 0 Å². The molecule has 0 amide bonds. The Hall–Kier alpha value is -1.90. The number of carboxylic acid groups (broad SMARTS) is 1. The van der Waals surface area contributed by atoms with Crippen LogP contribution in [0.15, 0.2) is 24.3 Å². The fourth-order valence-corrected chi connectivity index (χ4v) is 3.16. The predicted octanol–water partition coefficient (Wildman–Crippen LogP) is 1.98. The van der Waals surface area contributed by atoms with Crippen LogP contribution < -0.4 is 5.32 Å². The number of carbonyl (C=O) groups is 1.